The van der Waals surface area contributed by atoms with E-state index in [1.807, 2.05) is 36.7 Å². The number of imidazole rings is 1. The Bertz CT molecular complexity index is 1330. The van der Waals surface area contributed by atoms with Gasteiger partial charge in [0.1, 0.15) is 23.0 Å². The second kappa shape index (κ2) is 7.98. The van der Waals surface area contributed by atoms with Gasteiger partial charge in [-0.2, -0.15) is 0 Å². The summed E-state index contributed by atoms with van der Waals surface area (Å²) in [5.41, 5.74) is 3.86. The van der Waals surface area contributed by atoms with Gasteiger partial charge in [-0.25, -0.2) is 14.4 Å². The van der Waals surface area contributed by atoms with Gasteiger partial charge < -0.3 is 15.2 Å². The number of aryl methyl sites for hydroxylation is 2. The van der Waals surface area contributed by atoms with Crippen LogP contribution in [-0.4, -0.2) is 33.4 Å². The van der Waals surface area contributed by atoms with Crippen LogP contribution < -0.4 is 10.6 Å². The summed E-state index contributed by atoms with van der Waals surface area (Å²) in [6.45, 7) is 1.87. The zero-order valence-corrected chi connectivity index (χ0v) is 17.2. The molecule has 2 amide bonds. The fourth-order valence-electron chi connectivity index (χ4n) is 3.33. The molecule has 2 N–H and O–H groups in total. The Kier molecular flexibility index (Phi) is 5.21. The summed E-state index contributed by atoms with van der Waals surface area (Å²) in [5, 5.41) is 5.34. The highest BCUT2D eigenvalue weighted by Gasteiger charge is 2.15. The van der Waals surface area contributed by atoms with Gasteiger partial charge in [0.25, 0.3) is 11.8 Å². The van der Waals surface area contributed by atoms with Gasteiger partial charge in [-0.1, -0.05) is 18.2 Å². The maximum Gasteiger partial charge on any atom is 0.274 e. The maximum atomic E-state index is 13.6. The van der Waals surface area contributed by atoms with Crippen molar-refractivity contribution in [2.75, 3.05) is 12.4 Å². The number of aromatic nitrogens is 3. The standard InChI is InChI=1S/C23H20FN5O2/c1-13-7-8-14(21-27-19-12-15(24)9-10-20(19)29(21)3)11-18(13)28-23(31)17-6-4-5-16(26-17)22(30)25-2/h4-12H,1-3H3,(H,25,30)(H,28,31). The Hall–Kier alpha value is -4.07. The number of carbonyl (C=O) groups is 2. The van der Waals surface area contributed by atoms with E-state index in [0.717, 1.165) is 16.6 Å². The lowest BCUT2D eigenvalue weighted by atomic mass is 10.1. The lowest BCUT2D eigenvalue weighted by Gasteiger charge is -2.11. The zero-order valence-electron chi connectivity index (χ0n) is 17.2. The Labute approximate surface area is 177 Å². The van der Waals surface area contributed by atoms with E-state index in [2.05, 4.69) is 20.6 Å². The first kappa shape index (κ1) is 20.2. The van der Waals surface area contributed by atoms with E-state index in [1.165, 1.54) is 25.2 Å². The predicted molar refractivity (Wildman–Crippen MR) is 116 cm³/mol. The number of benzene rings is 2. The normalized spacial score (nSPS) is 10.8. The van der Waals surface area contributed by atoms with Crippen LogP contribution in [0.25, 0.3) is 22.4 Å². The van der Waals surface area contributed by atoms with Crippen LogP contribution in [0.3, 0.4) is 0 Å². The third kappa shape index (κ3) is 3.87. The molecule has 0 atom stereocenters. The van der Waals surface area contributed by atoms with E-state index in [1.54, 1.807) is 18.2 Å². The highest BCUT2D eigenvalue weighted by atomic mass is 19.1. The number of rotatable bonds is 4. The van der Waals surface area contributed by atoms with E-state index >= 15 is 0 Å². The van der Waals surface area contributed by atoms with Gasteiger partial charge in [0, 0.05) is 31.4 Å². The molecular formula is C23H20FN5O2. The van der Waals surface area contributed by atoms with Crippen molar-refractivity contribution in [1.29, 1.82) is 0 Å². The molecule has 0 saturated heterocycles. The predicted octanol–water partition coefficient (Wildman–Crippen LogP) is 3.69. The summed E-state index contributed by atoms with van der Waals surface area (Å²) < 4.78 is 15.4. The molecule has 31 heavy (non-hydrogen) atoms. The van der Waals surface area contributed by atoms with E-state index in [9.17, 15) is 14.0 Å². The van der Waals surface area contributed by atoms with Gasteiger partial charge in [-0.3, -0.25) is 9.59 Å². The molecule has 0 unspecified atom stereocenters. The van der Waals surface area contributed by atoms with E-state index in [0.29, 0.717) is 17.0 Å². The molecule has 0 bridgehead atoms. The van der Waals surface area contributed by atoms with Crippen molar-refractivity contribution in [3.8, 4) is 11.4 Å². The quantitative estimate of drug-likeness (QED) is 0.530. The molecule has 0 radical (unpaired) electrons. The van der Waals surface area contributed by atoms with Gasteiger partial charge in [0.15, 0.2) is 0 Å². The molecule has 2 aromatic heterocycles. The Morgan fingerprint density at radius 2 is 1.71 bits per heavy atom. The molecule has 4 aromatic rings. The molecule has 0 aliphatic rings. The molecule has 2 heterocycles. The SMILES string of the molecule is CNC(=O)c1cccc(C(=O)Nc2cc(-c3nc4cc(F)ccc4n3C)ccc2C)n1. The number of hydrogen-bond donors (Lipinski definition) is 2. The van der Waals surface area contributed by atoms with Crippen LogP contribution in [-0.2, 0) is 7.05 Å². The average molecular weight is 417 g/mol. The van der Waals surface area contributed by atoms with Crippen molar-refractivity contribution in [3.63, 3.8) is 0 Å². The monoisotopic (exact) mass is 417 g/mol. The fourth-order valence-corrected chi connectivity index (χ4v) is 3.33. The molecule has 0 spiro atoms. The lowest BCUT2D eigenvalue weighted by molar-refractivity contribution is 0.0958. The summed E-state index contributed by atoms with van der Waals surface area (Å²) in [6, 6.07) is 14.7. The smallest absolute Gasteiger partial charge is 0.274 e. The van der Waals surface area contributed by atoms with Crippen molar-refractivity contribution in [2.45, 2.75) is 6.92 Å². The molecule has 2 aromatic carbocycles. The fraction of sp³-hybridized carbons (Fsp3) is 0.130. The summed E-state index contributed by atoms with van der Waals surface area (Å²) in [6.07, 6.45) is 0. The van der Waals surface area contributed by atoms with Crippen molar-refractivity contribution in [3.05, 3.63) is 77.4 Å². The van der Waals surface area contributed by atoms with Crippen molar-refractivity contribution in [2.24, 2.45) is 7.05 Å². The van der Waals surface area contributed by atoms with Gasteiger partial charge in [0.05, 0.1) is 11.0 Å². The Morgan fingerprint density at radius 1 is 0.968 bits per heavy atom. The van der Waals surface area contributed by atoms with Gasteiger partial charge in [-0.15, -0.1) is 0 Å². The molecule has 4 rings (SSSR count). The molecule has 7 nitrogen and oxygen atoms in total. The number of nitrogens with one attached hydrogen (secondary N) is 2. The number of hydrogen-bond acceptors (Lipinski definition) is 4. The highest BCUT2D eigenvalue weighted by Crippen LogP contribution is 2.28. The van der Waals surface area contributed by atoms with Crippen LogP contribution in [0, 0.1) is 12.7 Å². The summed E-state index contributed by atoms with van der Waals surface area (Å²) in [7, 11) is 3.36. The maximum absolute atomic E-state index is 13.6. The van der Waals surface area contributed by atoms with Crippen LogP contribution >= 0.6 is 0 Å². The second-order valence-electron chi connectivity index (χ2n) is 7.10. The third-order valence-electron chi connectivity index (χ3n) is 5.03. The average Bonchev–Trinajstić information content (AvgIpc) is 3.10. The number of anilines is 1. The molecule has 0 aliphatic carbocycles. The van der Waals surface area contributed by atoms with Crippen LogP contribution in [0.15, 0.2) is 54.6 Å². The molecular weight excluding hydrogens is 397 g/mol. The number of carbonyl (C=O) groups excluding carboxylic acids is 2. The molecule has 156 valence electrons. The number of amides is 2. The Balaban J connectivity index is 1.67. The minimum absolute atomic E-state index is 0.129. The van der Waals surface area contributed by atoms with Crippen LogP contribution in [0.5, 0.6) is 0 Å². The number of halogens is 1. The molecule has 0 aliphatic heterocycles. The highest BCUT2D eigenvalue weighted by molar-refractivity contribution is 6.04. The van der Waals surface area contributed by atoms with Crippen molar-refractivity contribution >= 4 is 28.5 Å². The van der Waals surface area contributed by atoms with Crippen LogP contribution in [0.2, 0.25) is 0 Å². The van der Waals surface area contributed by atoms with Crippen LogP contribution in [0.1, 0.15) is 26.5 Å². The third-order valence-corrected chi connectivity index (χ3v) is 5.03. The van der Waals surface area contributed by atoms with E-state index < -0.39 is 5.91 Å². The summed E-state index contributed by atoms with van der Waals surface area (Å²) in [5.74, 6) is -0.500. The van der Waals surface area contributed by atoms with Crippen molar-refractivity contribution < 1.29 is 14.0 Å². The summed E-state index contributed by atoms with van der Waals surface area (Å²) >= 11 is 0. The minimum Gasteiger partial charge on any atom is -0.354 e. The topological polar surface area (TPSA) is 88.9 Å². The first-order valence-electron chi connectivity index (χ1n) is 9.61. The largest absolute Gasteiger partial charge is 0.354 e. The van der Waals surface area contributed by atoms with Gasteiger partial charge in [0.2, 0.25) is 0 Å². The van der Waals surface area contributed by atoms with E-state index in [4.69, 9.17) is 0 Å². The van der Waals surface area contributed by atoms with Crippen LogP contribution in [0.4, 0.5) is 10.1 Å². The number of nitrogens with zero attached hydrogens (tertiary/aromatic N) is 3. The molecule has 0 fully saturated rings. The van der Waals surface area contributed by atoms with E-state index in [-0.39, 0.29) is 23.1 Å². The second-order valence-corrected chi connectivity index (χ2v) is 7.10. The lowest BCUT2D eigenvalue weighted by Crippen LogP contribution is -2.21. The Morgan fingerprint density at radius 3 is 2.45 bits per heavy atom. The first-order valence-corrected chi connectivity index (χ1v) is 9.61. The van der Waals surface area contributed by atoms with Crippen molar-refractivity contribution in [1.82, 2.24) is 19.9 Å². The number of fused-ring (bicyclic) bond motifs is 1. The molecule has 8 heteroatoms. The molecule has 0 saturated carbocycles. The minimum atomic E-state index is -0.432. The van der Waals surface area contributed by atoms with Gasteiger partial charge >= 0.3 is 0 Å². The van der Waals surface area contributed by atoms with Gasteiger partial charge in [-0.05, 0) is 42.8 Å². The first-order chi connectivity index (χ1) is 14.9. The number of pyridine rings is 1. The zero-order chi connectivity index (χ0) is 22.1. The summed E-state index contributed by atoms with van der Waals surface area (Å²) in [4.78, 5) is 33.2.